The molecule has 0 saturated carbocycles. The highest BCUT2D eigenvalue weighted by molar-refractivity contribution is 6.28. The number of hydrogen-bond donors (Lipinski definition) is 1. The molecule has 1 aliphatic heterocycles. The number of nitrogens with two attached hydrogens (primary N) is 1. The van der Waals surface area contributed by atoms with Gasteiger partial charge in [-0.25, -0.2) is 0 Å². The van der Waals surface area contributed by atoms with Crippen molar-refractivity contribution in [3.05, 3.63) is 35.1 Å². The number of benzene rings is 1. The fraction of sp³-hybridized carbons (Fsp3) is 0.357. The summed E-state index contributed by atoms with van der Waals surface area (Å²) in [4.78, 5) is 16.5. The number of aryl methyl sites for hydroxylation is 1. The molecule has 0 unspecified atom stereocenters. The summed E-state index contributed by atoms with van der Waals surface area (Å²) in [5.41, 5.74) is 8.14. The first kappa shape index (κ1) is 13.9. The zero-order chi connectivity index (χ0) is 14.8. The number of piperazine rings is 1. The summed E-state index contributed by atoms with van der Waals surface area (Å²) < 4.78 is 0. The number of aromatic nitrogens is 3. The Morgan fingerprint density at radius 3 is 2.43 bits per heavy atom. The molecule has 1 fully saturated rings. The average molecular weight is 305 g/mol. The summed E-state index contributed by atoms with van der Waals surface area (Å²) in [7, 11) is 0. The third-order valence-corrected chi connectivity index (χ3v) is 3.71. The fourth-order valence-electron chi connectivity index (χ4n) is 2.49. The van der Waals surface area contributed by atoms with Crippen molar-refractivity contribution in [2.24, 2.45) is 0 Å². The van der Waals surface area contributed by atoms with Gasteiger partial charge in [-0.05, 0) is 36.2 Å². The van der Waals surface area contributed by atoms with Gasteiger partial charge in [-0.3, -0.25) is 0 Å². The monoisotopic (exact) mass is 304 g/mol. The van der Waals surface area contributed by atoms with Crippen LogP contribution in [0.1, 0.15) is 5.56 Å². The minimum absolute atomic E-state index is 0.138. The molecule has 110 valence electrons. The van der Waals surface area contributed by atoms with Gasteiger partial charge in [0.1, 0.15) is 0 Å². The molecule has 1 aromatic heterocycles. The molecule has 0 aliphatic carbocycles. The molecule has 1 aliphatic rings. The van der Waals surface area contributed by atoms with Crippen LogP contribution in [0.25, 0.3) is 0 Å². The van der Waals surface area contributed by atoms with E-state index < -0.39 is 0 Å². The van der Waals surface area contributed by atoms with E-state index in [4.69, 9.17) is 17.3 Å². The van der Waals surface area contributed by atoms with Crippen LogP contribution in [0.3, 0.4) is 0 Å². The molecule has 0 amide bonds. The highest BCUT2D eigenvalue weighted by atomic mass is 35.5. The molecule has 0 bridgehead atoms. The van der Waals surface area contributed by atoms with Crippen molar-refractivity contribution in [1.82, 2.24) is 15.0 Å². The lowest BCUT2D eigenvalue weighted by Gasteiger charge is -2.36. The first-order valence-electron chi connectivity index (χ1n) is 6.85. The second-order valence-electron chi connectivity index (χ2n) is 5.08. The molecule has 2 N–H and O–H groups in total. The van der Waals surface area contributed by atoms with Gasteiger partial charge >= 0.3 is 0 Å². The Morgan fingerprint density at radius 2 is 1.76 bits per heavy atom. The van der Waals surface area contributed by atoms with E-state index in [1.54, 1.807) is 0 Å². The van der Waals surface area contributed by atoms with E-state index in [0.717, 1.165) is 26.2 Å². The van der Waals surface area contributed by atoms with Gasteiger partial charge in [0.15, 0.2) is 0 Å². The van der Waals surface area contributed by atoms with E-state index in [9.17, 15) is 0 Å². The molecule has 21 heavy (non-hydrogen) atoms. The van der Waals surface area contributed by atoms with E-state index in [0.29, 0.717) is 5.95 Å². The summed E-state index contributed by atoms with van der Waals surface area (Å²) in [5, 5.41) is 0.138. The van der Waals surface area contributed by atoms with Crippen molar-refractivity contribution in [3.63, 3.8) is 0 Å². The van der Waals surface area contributed by atoms with Gasteiger partial charge in [-0.15, -0.1) is 0 Å². The summed E-state index contributed by atoms with van der Waals surface area (Å²) in [5.74, 6) is 0.711. The molecule has 7 heteroatoms. The maximum Gasteiger partial charge on any atom is 0.231 e. The number of anilines is 3. The number of nitrogens with zero attached hydrogens (tertiary/aromatic N) is 5. The predicted octanol–water partition coefficient (Wildman–Crippen LogP) is 1.74. The lowest BCUT2D eigenvalue weighted by Crippen LogP contribution is -2.47. The van der Waals surface area contributed by atoms with Crippen molar-refractivity contribution in [2.45, 2.75) is 6.92 Å². The standard InChI is InChI=1S/C14H17ClN6/c1-10-3-2-4-11(9-10)20-5-7-21(8-6-20)14-18-12(15)17-13(16)19-14/h2-4,9H,5-8H2,1H3,(H2,16,17,18,19). The Balaban J connectivity index is 1.70. The van der Waals surface area contributed by atoms with Gasteiger partial charge in [0.2, 0.25) is 17.2 Å². The molecule has 6 nitrogen and oxygen atoms in total. The van der Waals surface area contributed by atoms with Crippen molar-refractivity contribution < 1.29 is 0 Å². The molecule has 2 heterocycles. The molecular weight excluding hydrogens is 288 g/mol. The molecule has 0 spiro atoms. The maximum absolute atomic E-state index is 5.83. The number of nitrogen functional groups attached to an aromatic ring is 1. The van der Waals surface area contributed by atoms with Crippen molar-refractivity contribution in [2.75, 3.05) is 41.7 Å². The van der Waals surface area contributed by atoms with Crippen LogP contribution in [0.2, 0.25) is 5.28 Å². The number of hydrogen-bond acceptors (Lipinski definition) is 6. The van der Waals surface area contributed by atoms with Crippen LogP contribution in [0, 0.1) is 6.92 Å². The van der Waals surface area contributed by atoms with Crippen molar-refractivity contribution >= 4 is 29.2 Å². The Kier molecular flexibility index (Phi) is 3.79. The minimum Gasteiger partial charge on any atom is -0.368 e. The minimum atomic E-state index is 0.138. The van der Waals surface area contributed by atoms with Crippen molar-refractivity contribution in [1.29, 1.82) is 0 Å². The van der Waals surface area contributed by atoms with Crippen LogP contribution in [0.5, 0.6) is 0 Å². The van der Waals surface area contributed by atoms with Crippen LogP contribution in [0.4, 0.5) is 17.6 Å². The Bertz CT molecular complexity index is 619. The Morgan fingerprint density at radius 1 is 1.05 bits per heavy atom. The largest absolute Gasteiger partial charge is 0.368 e. The van der Waals surface area contributed by atoms with Gasteiger partial charge in [-0.2, -0.15) is 15.0 Å². The molecule has 2 aromatic rings. The number of halogens is 1. The van der Waals surface area contributed by atoms with Crippen LogP contribution in [0.15, 0.2) is 24.3 Å². The van der Waals surface area contributed by atoms with Gasteiger partial charge in [0.05, 0.1) is 0 Å². The average Bonchev–Trinajstić information content (AvgIpc) is 2.46. The second kappa shape index (κ2) is 5.73. The normalized spacial score (nSPS) is 15.3. The van der Waals surface area contributed by atoms with Gasteiger partial charge in [0.25, 0.3) is 0 Å². The van der Waals surface area contributed by atoms with Crippen LogP contribution in [-0.2, 0) is 0 Å². The van der Waals surface area contributed by atoms with Gasteiger partial charge in [-0.1, -0.05) is 12.1 Å². The topological polar surface area (TPSA) is 71.2 Å². The zero-order valence-electron chi connectivity index (χ0n) is 11.8. The van der Waals surface area contributed by atoms with E-state index >= 15 is 0 Å². The first-order chi connectivity index (χ1) is 10.1. The number of rotatable bonds is 2. The van der Waals surface area contributed by atoms with E-state index in [1.807, 2.05) is 0 Å². The van der Waals surface area contributed by atoms with Crippen LogP contribution in [-0.4, -0.2) is 41.1 Å². The molecular formula is C14H17ClN6. The lowest BCUT2D eigenvalue weighted by molar-refractivity contribution is 0.639. The second-order valence-corrected chi connectivity index (χ2v) is 5.41. The Labute approximate surface area is 128 Å². The molecule has 0 atom stereocenters. The maximum atomic E-state index is 5.83. The highest BCUT2D eigenvalue weighted by Gasteiger charge is 2.20. The third kappa shape index (κ3) is 3.16. The van der Waals surface area contributed by atoms with E-state index in [-0.39, 0.29) is 11.2 Å². The fourth-order valence-corrected chi connectivity index (χ4v) is 2.65. The SMILES string of the molecule is Cc1cccc(N2CCN(c3nc(N)nc(Cl)n3)CC2)c1. The smallest absolute Gasteiger partial charge is 0.231 e. The summed E-state index contributed by atoms with van der Waals surface area (Å²) >= 11 is 5.83. The Hall–Kier alpha value is -2.08. The van der Waals surface area contributed by atoms with Gasteiger partial charge < -0.3 is 15.5 Å². The predicted molar refractivity (Wildman–Crippen MR) is 84.9 cm³/mol. The molecule has 3 rings (SSSR count). The highest BCUT2D eigenvalue weighted by Crippen LogP contribution is 2.20. The zero-order valence-corrected chi connectivity index (χ0v) is 12.6. The van der Waals surface area contributed by atoms with Crippen molar-refractivity contribution in [3.8, 4) is 0 Å². The molecule has 0 radical (unpaired) electrons. The molecule has 1 aromatic carbocycles. The summed E-state index contributed by atoms with van der Waals surface area (Å²) in [6, 6.07) is 8.53. The van der Waals surface area contributed by atoms with Gasteiger partial charge in [0, 0.05) is 31.9 Å². The quantitative estimate of drug-likeness (QED) is 0.911. The lowest BCUT2D eigenvalue weighted by atomic mass is 10.2. The van der Waals surface area contributed by atoms with E-state index in [1.165, 1.54) is 11.3 Å². The van der Waals surface area contributed by atoms with E-state index in [2.05, 4.69) is 55.9 Å². The summed E-state index contributed by atoms with van der Waals surface area (Å²) in [6.07, 6.45) is 0. The first-order valence-corrected chi connectivity index (χ1v) is 7.23. The van der Waals surface area contributed by atoms with Crippen LogP contribution < -0.4 is 15.5 Å². The molecule has 1 saturated heterocycles. The summed E-state index contributed by atoms with van der Waals surface area (Å²) in [6.45, 7) is 5.58. The third-order valence-electron chi connectivity index (χ3n) is 3.54. The van der Waals surface area contributed by atoms with Crippen LogP contribution >= 0.6 is 11.6 Å².